The molecule has 5 aromatic rings. The summed E-state index contributed by atoms with van der Waals surface area (Å²) in [5.74, 6) is -2.48. The highest BCUT2D eigenvalue weighted by Crippen LogP contribution is 2.31. The number of rotatable bonds is 12. The van der Waals surface area contributed by atoms with E-state index >= 15 is 0 Å². The van der Waals surface area contributed by atoms with Gasteiger partial charge >= 0.3 is 6.09 Å². The lowest BCUT2D eigenvalue weighted by molar-refractivity contribution is 0.0547. The van der Waals surface area contributed by atoms with E-state index in [4.69, 9.17) is 9.47 Å². The highest BCUT2D eigenvalue weighted by atomic mass is 28.3. The molecule has 0 unspecified atom stereocenters. The first-order valence-corrected chi connectivity index (χ1v) is 22.5. The molecular weight excluding hydrogens is 742 g/mol. The first-order valence-electron chi connectivity index (χ1n) is 18.8. The largest absolute Gasteiger partial charge is 0.443 e. The Bertz CT molecular complexity index is 2280. The van der Waals surface area contributed by atoms with Crippen LogP contribution in [0.3, 0.4) is 0 Å². The molecule has 1 fully saturated rings. The molecular formula is C41H49F3N6O5Si. The lowest BCUT2D eigenvalue weighted by atomic mass is 10.1. The van der Waals surface area contributed by atoms with Crippen molar-refractivity contribution in [2.45, 2.75) is 90.9 Å². The third kappa shape index (κ3) is 10.2. The lowest BCUT2D eigenvalue weighted by Gasteiger charge is -2.28. The van der Waals surface area contributed by atoms with Gasteiger partial charge in [-0.25, -0.2) is 22.5 Å². The number of pyridine rings is 1. The monoisotopic (exact) mass is 790 g/mol. The minimum atomic E-state index is -1.44. The molecule has 3 aromatic heterocycles. The third-order valence-electron chi connectivity index (χ3n) is 9.44. The normalized spacial score (nSPS) is 14.4. The summed E-state index contributed by atoms with van der Waals surface area (Å²) in [5, 5.41) is 7.77. The zero-order valence-electron chi connectivity index (χ0n) is 32.7. The Morgan fingerprint density at radius 3 is 2.36 bits per heavy atom. The van der Waals surface area contributed by atoms with Gasteiger partial charge in [-0.15, -0.1) is 0 Å². The van der Waals surface area contributed by atoms with Crippen LogP contribution < -0.4 is 10.9 Å². The van der Waals surface area contributed by atoms with Crippen molar-refractivity contribution in [1.29, 1.82) is 0 Å². The number of hydrogen-bond acceptors (Lipinski definition) is 7. The fourth-order valence-corrected chi connectivity index (χ4v) is 7.26. The van der Waals surface area contributed by atoms with Crippen molar-refractivity contribution in [3.8, 4) is 11.3 Å². The molecule has 0 radical (unpaired) electrons. The van der Waals surface area contributed by atoms with Gasteiger partial charge in [-0.05, 0) is 87.2 Å². The van der Waals surface area contributed by atoms with Crippen LogP contribution in [0.2, 0.25) is 25.7 Å². The van der Waals surface area contributed by atoms with Crippen molar-refractivity contribution in [3.63, 3.8) is 0 Å². The van der Waals surface area contributed by atoms with Gasteiger partial charge in [-0.1, -0.05) is 31.8 Å². The molecule has 1 aliphatic rings. The Morgan fingerprint density at radius 2 is 1.66 bits per heavy atom. The van der Waals surface area contributed by atoms with Crippen LogP contribution in [-0.2, 0) is 29.3 Å². The Balaban J connectivity index is 1.37. The number of nitrogens with one attached hydrogen (secondary N) is 1. The molecule has 0 spiro atoms. The average Bonchev–Trinajstić information content (AvgIpc) is 3.74. The van der Waals surface area contributed by atoms with Gasteiger partial charge in [0.25, 0.3) is 11.5 Å². The minimum Gasteiger partial charge on any atom is -0.443 e. The van der Waals surface area contributed by atoms with Gasteiger partial charge in [0.1, 0.15) is 18.5 Å². The molecule has 298 valence electrons. The standard InChI is InChI=1S/C41H49F3N6O5Si/c1-41(2,3)55-40(53)50-36-10-8-27(22-47-13-11-31(42)12-14-47)17-29(36)19-37(50)33-20-32(25-48(39(33)52)26-54-15-16-56(4,5)6)46-38(51)30-21-45-49(24-30)23-28-7-9-34(43)35(44)18-28/h7-10,17-21,24-25,31H,11-16,22-23,26H2,1-6H3,(H,46,51). The first-order chi connectivity index (χ1) is 26.4. The zero-order chi connectivity index (χ0) is 40.4. The Morgan fingerprint density at radius 1 is 0.946 bits per heavy atom. The number of alkyl halides is 1. The van der Waals surface area contributed by atoms with Gasteiger partial charge in [0.05, 0.1) is 40.8 Å². The second kappa shape index (κ2) is 16.6. The smallest absolute Gasteiger partial charge is 0.419 e. The van der Waals surface area contributed by atoms with Crippen LogP contribution in [0.25, 0.3) is 22.2 Å². The van der Waals surface area contributed by atoms with E-state index in [0.29, 0.717) is 55.5 Å². The van der Waals surface area contributed by atoms with Crippen LogP contribution in [0.4, 0.5) is 23.7 Å². The fourth-order valence-electron chi connectivity index (χ4n) is 6.50. The molecule has 56 heavy (non-hydrogen) atoms. The van der Waals surface area contributed by atoms with Gasteiger partial charge in [-0.3, -0.25) is 23.7 Å². The number of amides is 1. The maximum atomic E-state index is 14.3. The molecule has 0 atom stereocenters. The minimum absolute atomic E-state index is 0.0985. The molecule has 0 saturated carbocycles. The van der Waals surface area contributed by atoms with E-state index in [-0.39, 0.29) is 35.8 Å². The molecule has 1 amide bonds. The topological polar surface area (TPSA) is 113 Å². The van der Waals surface area contributed by atoms with E-state index in [0.717, 1.165) is 23.7 Å². The molecule has 6 rings (SSSR count). The van der Waals surface area contributed by atoms with Crippen molar-refractivity contribution >= 4 is 36.7 Å². The second-order valence-corrected chi connectivity index (χ2v) is 22.2. The zero-order valence-corrected chi connectivity index (χ0v) is 33.7. The van der Waals surface area contributed by atoms with Crippen LogP contribution in [0.1, 0.15) is 55.1 Å². The molecule has 0 aliphatic carbocycles. The van der Waals surface area contributed by atoms with Crippen LogP contribution in [0.5, 0.6) is 0 Å². The SMILES string of the molecule is CC(C)(C)OC(=O)n1c(-c2cc(NC(=O)c3cnn(Cc4ccc(F)c(F)c4)c3)cn(COCC[Si](C)(C)C)c2=O)cc2cc(CN3CCC(F)CC3)ccc21. The van der Waals surface area contributed by atoms with Crippen LogP contribution in [0.15, 0.2) is 71.9 Å². The van der Waals surface area contributed by atoms with Gasteiger partial charge < -0.3 is 14.8 Å². The molecule has 4 heterocycles. The van der Waals surface area contributed by atoms with Crippen molar-refractivity contribution in [1.82, 2.24) is 23.8 Å². The summed E-state index contributed by atoms with van der Waals surface area (Å²) in [6.45, 7) is 14.3. The van der Waals surface area contributed by atoms with E-state index in [1.165, 1.54) is 44.5 Å². The second-order valence-electron chi connectivity index (χ2n) is 16.6. The van der Waals surface area contributed by atoms with Gasteiger partial charge in [-0.2, -0.15) is 5.10 Å². The van der Waals surface area contributed by atoms with E-state index < -0.39 is 49.0 Å². The molecule has 1 saturated heterocycles. The van der Waals surface area contributed by atoms with E-state index in [2.05, 4.69) is 35.0 Å². The number of piperidine rings is 1. The lowest BCUT2D eigenvalue weighted by Crippen LogP contribution is -2.33. The van der Waals surface area contributed by atoms with Crippen LogP contribution >= 0.6 is 0 Å². The maximum absolute atomic E-state index is 14.3. The van der Waals surface area contributed by atoms with E-state index in [1.807, 2.05) is 18.2 Å². The highest BCUT2D eigenvalue weighted by molar-refractivity contribution is 6.76. The summed E-state index contributed by atoms with van der Waals surface area (Å²) in [6, 6.07) is 13.4. The Kier molecular flexibility index (Phi) is 12.1. The van der Waals surface area contributed by atoms with E-state index in [1.54, 1.807) is 26.8 Å². The Labute approximate surface area is 325 Å². The maximum Gasteiger partial charge on any atom is 0.419 e. The molecule has 1 N–H and O–H groups in total. The van der Waals surface area contributed by atoms with E-state index in [9.17, 15) is 27.6 Å². The summed E-state index contributed by atoms with van der Waals surface area (Å²) in [7, 11) is -1.44. The number of halogens is 3. The number of aromatic nitrogens is 4. The fraction of sp³-hybridized carbons (Fsp3) is 0.415. The number of anilines is 1. The number of ether oxygens (including phenoxy) is 2. The summed E-state index contributed by atoms with van der Waals surface area (Å²) in [4.78, 5) is 44.0. The van der Waals surface area contributed by atoms with Crippen molar-refractivity contribution in [2.24, 2.45) is 0 Å². The number of likely N-dealkylation sites (tertiary alicyclic amines) is 1. The first kappa shape index (κ1) is 40.7. The van der Waals surface area contributed by atoms with Crippen LogP contribution in [0, 0.1) is 11.6 Å². The number of benzene rings is 2. The van der Waals surface area contributed by atoms with Gasteiger partial charge in [0, 0.05) is 52.1 Å². The molecule has 11 nitrogen and oxygen atoms in total. The third-order valence-corrected chi connectivity index (χ3v) is 11.1. The van der Waals surface area contributed by atoms with Crippen molar-refractivity contribution in [3.05, 3.63) is 106 Å². The number of carbonyl (C=O) groups is 2. The predicted molar refractivity (Wildman–Crippen MR) is 212 cm³/mol. The molecule has 0 bridgehead atoms. The summed E-state index contributed by atoms with van der Waals surface area (Å²) >= 11 is 0. The number of fused-ring (bicyclic) bond motifs is 1. The Hall–Kier alpha value is -4.99. The number of carbonyl (C=O) groups excluding carboxylic acids is 2. The predicted octanol–water partition coefficient (Wildman–Crippen LogP) is 8.27. The quantitative estimate of drug-likeness (QED) is 0.100. The number of nitrogens with zero attached hydrogens (tertiary/aromatic N) is 5. The molecule has 2 aromatic carbocycles. The molecule has 1 aliphatic heterocycles. The molecule has 15 heteroatoms. The van der Waals surface area contributed by atoms with Crippen molar-refractivity contribution in [2.75, 3.05) is 25.0 Å². The summed E-state index contributed by atoms with van der Waals surface area (Å²) in [5.41, 5.74) is 1.50. The average molecular weight is 791 g/mol. The highest BCUT2D eigenvalue weighted by Gasteiger charge is 2.26. The van der Waals surface area contributed by atoms with Crippen molar-refractivity contribution < 1.29 is 32.2 Å². The van der Waals surface area contributed by atoms with Gasteiger partial charge in [0.2, 0.25) is 0 Å². The summed E-state index contributed by atoms with van der Waals surface area (Å²) < 4.78 is 57.1. The van der Waals surface area contributed by atoms with Crippen LogP contribution in [-0.4, -0.2) is 75.4 Å². The number of hydrogen-bond donors (Lipinski definition) is 1. The summed E-state index contributed by atoms with van der Waals surface area (Å²) in [6.07, 6.45) is 3.83. The van der Waals surface area contributed by atoms with Gasteiger partial charge in [0.15, 0.2) is 11.6 Å².